The fraction of sp³-hybridized carbons (Fsp3) is 0.200. The predicted molar refractivity (Wildman–Crippen MR) is 119 cm³/mol. The number of thiophene rings is 1. The van der Waals surface area contributed by atoms with E-state index in [2.05, 4.69) is 15.0 Å². The first-order valence-electron chi connectivity index (χ1n) is 9.13. The molecule has 2 N–H and O–H groups in total. The van der Waals surface area contributed by atoms with Crippen LogP contribution in [0.15, 0.2) is 52.9 Å². The van der Waals surface area contributed by atoms with Crippen molar-refractivity contribution in [3.63, 3.8) is 0 Å². The Hall–Kier alpha value is -2.53. The molecule has 4 aromatic rings. The minimum Gasteiger partial charge on any atom is -0.457 e. The highest BCUT2D eigenvalue weighted by Gasteiger charge is 2.13. The Morgan fingerprint density at radius 1 is 1.10 bits per heavy atom. The average molecular weight is 462 g/mol. The number of hydrogen-bond acceptors (Lipinski definition) is 7. The van der Waals surface area contributed by atoms with E-state index in [9.17, 15) is 13.2 Å². The van der Waals surface area contributed by atoms with Crippen LogP contribution in [0.3, 0.4) is 0 Å². The van der Waals surface area contributed by atoms with Gasteiger partial charge in [-0.15, -0.1) is 22.7 Å². The van der Waals surface area contributed by atoms with Crippen LogP contribution in [0.1, 0.15) is 20.3 Å². The van der Waals surface area contributed by atoms with Gasteiger partial charge >= 0.3 is 0 Å². The Morgan fingerprint density at radius 2 is 1.93 bits per heavy atom. The van der Waals surface area contributed by atoms with Crippen LogP contribution in [0.2, 0.25) is 0 Å². The van der Waals surface area contributed by atoms with Crippen LogP contribution < -0.4 is 10.0 Å². The third kappa shape index (κ3) is 5.14. The number of nitrogens with one attached hydrogen (secondary N) is 2. The second kappa shape index (κ2) is 8.68. The average Bonchev–Trinajstić information content (AvgIpc) is 3.43. The topological polar surface area (TPSA) is 101 Å². The lowest BCUT2D eigenvalue weighted by Crippen LogP contribution is -2.24. The molecule has 3 aromatic heterocycles. The van der Waals surface area contributed by atoms with Crippen LogP contribution in [-0.2, 0) is 23.0 Å². The molecule has 0 fully saturated rings. The summed E-state index contributed by atoms with van der Waals surface area (Å²) in [4.78, 5) is 18.5. The zero-order valence-electron chi connectivity index (χ0n) is 16.0. The van der Waals surface area contributed by atoms with E-state index in [-0.39, 0.29) is 12.5 Å². The third-order valence-electron chi connectivity index (χ3n) is 4.21. The SMILES string of the molecule is CS(=O)(=O)NCCc1ccc(C(=O)NCc2ccc(-c3nc4ccccc4s3)o2)s1. The maximum Gasteiger partial charge on any atom is 0.261 e. The quantitative estimate of drug-likeness (QED) is 0.417. The summed E-state index contributed by atoms with van der Waals surface area (Å²) in [7, 11) is -3.21. The van der Waals surface area contributed by atoms with Crippen molar-refractivity contribution in [1.29, 1.82) is 0 Å². The van der Waals surface area contributed by atoms with Crippen LogP contribution >= 0.6 is 22.7 Å². The molecule has 10 heteroatoms. The molecule has 4 rings (SSSR count). The first-order valence-corrected chi connectivity index (χ1v) is 12.7. The van der Waals surface area contributed by atoms with Gasteiger partial charge in [0.05, 0.1) is 27.9 Å². The molecule has 3 heterocycles. The van der Waals surface area contributed by atoms with Crippen molar-refractivity contribution in [3.8, 4) is 10.8 Å². The van der Waals surface area contributed by atoms with Crippen molar-refractivity contribution < 1.29 is 17.6 Å². The molecule has 0 atom stereocenters. The Labute approximate surface area is 181 Å². The number of amides is 1. The minimum absolute atomic E-state index is 0.194. The first-order chi connectivity index (χ1) is 14.4. The molecular formula is C20H19N3O4S3. The summed E-state index contributed by atoms with van der Waals surface area (Å²) in [5.74, 6) is 1.13. The van der Waals surface area contributed by atoms with Gasteiger partial charge < -0.3 is 9.73 Å². The van der Waals surface area contributed by atoms with Gasteiger partial charge in [-0.1, -0.05) is 12.1 Å². The molecule has 7 nitrogen and oxygen atoms in total. The number of carbonyl (C=O) groups excluding carboxylic acids is 1. The predicted octanol–water partition coefficient (Wildman–Crippen LogP) is 3.64. The van der Waals surface area contributed by atoms with Crippen LogP contribution in [0.4, 0.5) is 0 Å². The number of para-hydroxylation sites is 1. The molecule has 0 saturated heterocycles. The van der Waals surface area contributed by atoms with Crippen LogP contribution in [0.5, 0.6) is 0 Å². The Bertz CT molecular complexity index is 1250. The van der Waals surface area contributed by atoms with Gasteiger partial charge in [0, 0.05) is 11.4 Å². The number of carbonyl (C=O) groups is 1. The van der Waals surface area contributed by atoms with Gasteiger partial charge in [0.2, 0.25) is 10.0 Å². The second-order valence-electron chi connectivity index (χ2n) is 6.62. The fourth-order valence-corrected chi connectivity index (χ4v) is 5.14. The first kappa shape index (κ1) is 20.7. The standard InChI is InChI=1S/C20H19N3O4S3/c1-30(25,26)22-11-10-14-7-9-18(28-14)19(24)21-12-13-6-8-16(27-13)20-23-15-4-2-3-5-17(15)29-20/h2-9,22H,10-12H2,1H3,(H,21,24). The van der Waals surface area contributed by atoms with Gasteiger partial charge in [-0.3, -0.25) is 4.79 Å². The molecule has 0 radical (unpaired) electrons. The number of thiazole rings is 1. The van der Waals surface area contributed by atoms with Crippen molar-refractivity contribution >= 4 is 48.8 Å². The molecule has 0 aliphatic heterocycles. The maximum absolute atomic E-state index is 12.4. The van der Waals surface area contributed by atoms with Crippen molar-refractivity contribution in [2.24, 2.45) is 0 Å². The second-order valence-corrected chi connectivity index (χ2v) is 10.6. The largest absolute Gasteiger partial charge is 0.457 e. The smallest absolute Gasteiger partial charge is 0.261 e. The summed E-state index contributed by atoms with van der Waals surface area (Å²) in [5, 5.41) is 3.65. The van der Waals surface area contributed by atoms with Crippen LogP contribution in [0, 0.1) is 0 Å². The van der Waals surface area contributed by atoms with Crippen molar-refractivity contribution in [1.82, 2.24) is 15.0 Å². The number of nitrogens with zero attached hydrogens (tertiary/aromatic N) is 1. The Morgan fingerprint density at radius 3 is 2.73 bits per heavy atom. The van der Waals surface area contributed by atoms with E-state index in [0.717, 1.165) is 26.4 Å². The minimum atomic E-state index is -3.21. The molecule has 1 amide bonds. The van der Waals surface area contributed by atoms with E-state index in [1.165, 1.54) is 11.3 Å². The zero-order valence-corrected chi connectivity index (χ0v) is 18.5. The number of rotatable bonds is 8. The zero-order chi connectivity index (χ0) is 21.1. The van der Waals surface area contributed by atoms with E-state index in [1.807, 2.05) is 42.5 Å². The van der Waals surface area contributed by atoms with E-state index in [0.29, 0.717) is 29.4 Å². The van der Waals surface area contributed by atoms with E-state index in [4.69, 9.17) is 4.42 Å². The van der Waals surface area contributed by atoms with Crippen LogP contribution in [0.25, 0.3) is 21.0 Å². The van der Waals surface area contributed by atoms with Crippen molar-refractivity contribution in [2.75, 3.05) is 12.8 Å². The summed E-state index contributed by atoms with van der Waals surface area (Å²) in [6, 6.07) is 15.2. The molecule has 156 valence electrons. The number of furan rings is 1. The summed E-state index contributed by atoms with van der Waals surface area (Å²) in [6.45, 7) is 0.577. The number of hydrogen-bond donors (Lipinski definition) is 2. The van der Waals surface area contributed by atoms with Crippen LogP contribution in [-0.4, -0.2) is 32.1 Å². The van der Waals surface area contributed by atoms with Gasteiger partial charge in [0.25, 0.3) is 5.91 Å². The van der Waals surface area contributed by atoms with Crippen molar-refractivity contribution in [3.05, 3.63) is 64.0 Å². The molecule has 1 aromatic carbocycles. The molecule has 30 heavy (non-hydrogen) atoms. The summed E-state index contributed by atoms with van der Waals surface area (Å²) < 4.78 is 31.6. The summed E-state index contributed by atoms with van der Waals surface area (Å²) >= 11 is 2.91. The molecule has 0 unspecified atom stereocenters. The highest BCUT2D eigenvalue weighted by molar-refractivity contribution is 7.88. The fourth-order valence-electron chi connectivity index (χ4n) is 2.81. The van der Waals surface area contributed by atoms with Gasteiger partial charge in [-0.2, -0.15) is 0 Å². The number of fused-ring (bicyclic) bond motifs is 1. The Balaban J connectivity index is 1.33. The molecule has 0 aliphatic rings. The van der Waals surface area contributed by atoms with Gasteiger partial charge in [0.1, 0.15) is 5.76 Å². The highest BCUT2D eigenvalue weighted by Crippen LogP contribution is 2.31. The molecule has 0 spiro atoms. The normalized spacial score (nSPS) is 11.8. The van der Waals surface area contributed by atoms with E-state index in [1.54, 1.807) is 17.4 Å². The lowest BCUT2D eigenvalue weighted by Gasteiger charge is -2.01. The monoisotopic (exact) mass is 461 g/mol. The highest BCUT2D eigenvalue weighted by atomic mass is 32.2. The lowest BCUT2D eigenvalue weighted by molar-refractivity contribution is 0.0952. The summed E-state index contributed by atoms with van der Waals surface area (Å²) in [5.41, 5.74) is 0.934. The third-order valence-corrected chi connectivity index (χ3v) is 7.13. The molecule has 0 bridgehead atoms. The number of sulfonamides is 1. The van der Waals surface area contributed by atoms with Gasteiger partial charge in [0.15, 0.2) is 10.8 Å². The van der Waals surface area contributed by atoms with E-state index < -0.39 is 10.0 Å². The van der Waals surface area contributed by atoms with Gasteiger partial charge in [-0.25, -0.2) is 18.1 Å². The maximum atomic E-state index is 12.4. The Kier molecular flexibility index (Phi) is 6.00. The summed E-state index contributed by atoms with van der Waals surface area (Å²) in [6.07, 6.45) is 1.66. The van der Waals surface area contributed by atoms with Crippen molar-refractivity contribution in [2.45, 2.75) is 13.0 Å². The molecule has 0 aliphatic carbocycles. The number of aromatic nitrogens is 1. The molecular weight excluding hydrogens is 442 g/mol. The van der Waals surface area contributed by atoms with E-state index >= 15 is 0 Å². The molecule has 0 saturated carbocycles. The number of benzene rings is 1. The van der Waals surface area contributed by atoms with Gasteiger partial charge in [-0.05, 0) is 42.8 Å². The lowest BCUT2D eigenvalue weighted by atomic mass is 10.3.